The van der Waals surface area contributed by atoms with Crippen LogP contribution in [0, 0.1) is 118 Å². The molecular weight excluding hydrogens is 412 g/mol. The van der Waals surface area contributed by atoms with Crippen LogP contribution in [0.25, 0.3) is 0 Å². The predicted octanol–water partition coefficient (Wildman–Crippen LogP) is 3.95. The molecule has 0 spiro atoms. The summed E-state index contributed by atoms with van der Waals surface area (Å²) in [6.07, 6.45) is 0. The quantitative estimate of drug-likeness (QED) is 0.509. The number of hydrogen-bond donors (Lipinski definition) is 0. The Kier molecular flexibility index (Phi) is 1.18. The molecule has 118 valence electrons. The van der Waals surface area contributed by atoms with Gasteiger partial charge in [-0.15, -0.1) is 0 Å². The second-order valence-electron chi connectivity index (χ2n) is 12.1. The van der Waals surface area contributed by atoms with Crippen molar-refractivity contribution in [3.8, 4) is 0 Å². The summed E-state index contributed by atoms with van der Waals surface area (Å²) in [6, 6.07) is 0. The van der Waals surface area contributed by atoms with E-state index in [1.807, 2.05) is 0 Å². The van der Waals surface area contributed by atoms with Crippen molar-refractivity contribution in [2.75, 3.05) is 0 Å². The molecule has 12 fully saturated rings. The van der Waals surface area contributed by atoms with Gasteiger partial charge in [-0.1, -0.05) is 31.9 Å². The van der Waals surface area contributed by atoms with E-state index in [9.17, 15) is 0 Å². The molecule has 0 aromatic carbocycles. The average Bonchev–Trinajstić information content (AvgIpc) is 3.20. The third kappa shape index (κ3) is 0.607. The standard InChI is InChI=1S/C21H20Br2/c22-21(23)19-15-9-3-1-2-5-7(3)13(15)17-11(5)12-6(2)8-4(1)10(9)16(19)14(8)18(12)20(17)21/h1-20H/t1?,2?,3-,4-,5-,6+,7?,8?,9-,10+,11+,12+,13?,14?,15-,16-,17+,18+,19?,20?/m1/s1. The summed E-state index contributed by atoms with van der Waals surface area (Å²) < 4.78 is 0.365. The molecule has 12 aliphatic carbocycles. The van der Waals surface area contributed by atoms with Gasteiger partial charge < -0.3 is 0 Å². The first-order valence-corrected chi connectivity index (χ1v) is 12.2. The lowest BCUT2D eigenvalue weighted by atomic mass is 9.54. The van der Waals surface area contributed by atoms with E-state index in [0.29, 0.717) is 3.23 Å². The molecule has 2 bridgehead atoms. The summed E-state index contributed by atoms with van der Waals surface area (Å²) in [7, 11) is 0. The molecule has 12 rings (SSSR count). The summed E-state index contributed by atoms with van der Waals surface area (Å²) in [6.45, 7) is 0. The molecule has 0 nitrogen and oxygen atoms in total. The Hall–Kier alpha value is 0.960. The average molecular weight is 432 g/mol. The van der Waals surface area contributed by atoms with Crippen LogP contribution in [-0.2, 0) is 0 Å². The molecule has 23 heavy (non-hydrogen) atoms. The van der Waals surface area contributed by atoms with Gasteiger partial charge in [-0.3, -0.25) is 0 Å². The van der Waals surface area contributed by atoms with E-state index in [1.165, 1.54) is 107 Å². The van der Waals surface area contributed by atoms with Gasteiger partial charge in [0.25, 0.3) is 0 Å². The fourth-order valence-electron chi connectivity index (χ4n) is 15.5. The van der Waals surface area contributed by atoms with Crippen LogP contribution in [0.15, 0.2) is 0 Å². The largest absolute Gasteiger partial charge is 0.0872 e. The summed E-state index contributed by atoms with van der Waals surface area (Å²) in [5, 5.41) is 0. The molecule has 12 saturated carbocycles. The van der Waals surface area contributed by atoms with Crippen LogP contribution in [0.4, 0.5) is 0 Å². The first-order valence-electron chi connectivity index (χ1n) is 10.6. The monoisotopic (exact) mass is 430 g/mol. The maximum atomic E-state index is 4.43. The fraction of sp³-hybridized carbons (Fsp3) is 1.00. The molecule has 8 unspecified atom stereocenters. The summed E-state index contributed by atoms with van der Waals surface area (Å²) in [5.74, 6) is 24.2. The van der Waals surface area contributed by atoms with E-state index in [-0.39, 0.29) is 0 Å². The van der Waals surface area contributed by atoms with Gasteiger partial charge in [-0.2, -0.15) is 0 Å². The zero-order valence-corrected chi connectivity index (χ0v) is 16.0. The maximum Gasteiger partial charge on any atom is 0.0872 e. The van der Waals surface area contributed by atoms with Crippen LogP contribution in [0.3, 0.4) is 0 Å². The van der Waals surface area contributed by atoms with Crippen molar-refractivity contribution >= 4 is 31.9 Å². The van der Waals surface area contributed by atoms with E-state index in [0.717, 1.165) is 11.8 Å². The lowest BCUT2D eigenvalue weighted by molar-refractivity contribution is -0.0322. The molecule has 0 aliphatic heterocycles. The van der Waals surface area contributed by atoms with Gasteiger partial charge in [0.1, 0.15) is 0 Å². The lowest BCUT2D eigenvalue weighted by Crippen LogP contribution is -2.57. The number of hydrogen-bond acceptors (Lipinski definition) is 0. The maximum absolute atomic E-state index is 4.43. The Bertz CT molecular complexity index is 688. The molecule has 0 amide bonds. The minimum absolute atomic E-state index is 0.365. The van der Waals surface area contributed by atoms with Gasteiger partial charge in [-0.05, 0) is 118 Å². The highest BCUT2D eigenvalue weighted by atomic mass is 79.9. The van der Waals surface area contributed by atoms with E-state index >= 15 is 0 Å². The van der Waals surface area contributed by atoms with Gasteiger partial charge in [0, 0.05) is 0 Å². The van der Waals surface area contributed by atoms with Crippen LogP contribution in [-0.4, -0.2) is 3.23 Å². The lowest BCUT2D eigenvalue weighted by Gasteiger charge is -2.58. The Balaban J connectivity index is 1.44. The van der Waals surface area contributed by atoms with Gasteiger partial charge in [0.2, 0.25) is 0 Å². The molecule has 0 aromatic heterocycles. The Morgan fingerprint density at radius 1 is 0.304 bits per heavy atom. The van der Waals surface area contributed by atoms with Crippen molar-refractivity contribution in [2.24, 2.45) is 118 Å². The van der Waals surface area contributed by atoms with Crippen molar-refractivity contribution in [1.29, 1.82) is 0 Å². The van der Waals surface area contributed by atoms with E-state index < -0.39 is 0 Å². The fourth-order valence-corrected chi connectivity index (χ4v) is 17.9. The van der Waals surface area contributed by atoms with Crippen molar-refractivity contribution in [3.63, 3.8) is 0 Å². The van der Waals surface area contributed by atoms with E-state index in [4.69, 9.17) is 0 Å². The van der Waals surface area contributed by atoms with Crippen LogP contribution in [0.5, 0.6) is 0 Å². The van der Waals surface area contributed by atoms with Crippen LogP contribution in [0.2, 0.25) is 0 Å². The molecule has 0 saturated heterocycles. The molecule has 0 aromatic rings. The van der Waals surface area contributed by atoms with Gasteiger partial charge in [0.05, 0.1) is 3.23 Å². The molecular formula is C21H20Br2. The number of rotatable bonds is 0. The molecule has 12 aliphatic rings. The topological polar surface area (TPSA) is 0 Å². The Morgan fingerprint density at radius 2 is 0.478 bits per heavy atom. The zero-order chi connectivity index (χ0) is 14.0. The summed E-state index contributed by atoms with van der Waals surface area (Å²) in [5.41, 5.74) is 0. The second kappa shape index (κ2) is 2.47. The first kappa shape index (κ1) is 11.0. The van der Waals surface area contributed by atoms with Gasteiger partial charge in [0.15, 0.2) is 0 Å². The van der Waals surface area contributed by atoms with Gasteiger partial charge in [-0.25, -0.2) is 0 Å². The predicted molar refractivity (Wildman–Crippen MR) is 90.4 cm³/mol. The summed E-state index contributed by atoms with van der Waals surface area (Å²) >= 11 is 8.86. The Morgan fingerprint density at radius 3 is 0.739 bits per heavy atom. The minimum atomic E-state index is 0.365. The normalized spacial score (nSPS) is 98.3. The van der Waals surface area contributed by atoms with Crippen LogP contribution in [0.1, 0.15) is 0 Å². The zero-order valence-electron chi connectivity index (χ0n) is 12.8. The molecule has 0 heterocycles. The molecule has 0 radical (unpaired) electrons. The van der Waals surface area contributed by atoms with Crippen molar-refractivity contribution in [2.45, 2.75) is 3.23 Å². The van der Waals surface area contributed by atoms with E-state index in [2.05, 4.69) is 31.9 Å². The van der Waals surface area contributed by atoms with Crippen LogP contribution < -0.4 is 0 Å². The number of halogens is 2. The Labute approximate surface area is 153 Å². The van der Waals surface area contributed by atoms with Crippen molar-refractivity contribution in [3.05, 3.63) is 0 Å². The van der Waals surface area contributed by atoms with E-state index in [1.54, 1.807) is 0 Å². The third-order valence-electron chi connectivity index (χ3n) is 13.7. The molecule has 0 N–H and O–H groups in total. The van der Waals surface area contributed by atoms with Crippen molar-refractivity contribution < 1.29 is 0 Å². The number of alkyl halides is 2. The SMILES string of the molecule is BrC1(Br)C2[C@H]3C4C5[C@H]6C7C8[C@@H]5[C@@H]5[C@@H]4C1[C@@H]1C4C([C@@H]8[C@H]15)[C@@H]7[C@@H]([C@H]42)[C@H]63. The first-order chi connectivity index (χ1) is 11.2. The van der Waals surface area contributed by atoms with Crippen LogP contribution >= 0.6 is 31.9 Å². The second-order valence-corrected chi connectivity index (χ2v) is 15.8. The molecule has 20 atom stereocenters. The minimum Gasteiger partial charge on any atom is -0.0721 e. The molecule has 2 heteroatoms. The smallest absolute Gasteiger partial charge is 0.0721 e. The van der Waals surface area contributed by atoms with Gasteiger partial charge >= 0.3 is 0 Å². The summed E-state index contributed by atoms with van der Waals surface area (Å²) in [4.78, 5) is 0. The highest BCUT2D eigenvalue weighted by Gasteiger charge is 2.98. The highest BCUT2D eigenvalue weighted by molar-refractivity contribution is 9.25. The highest BCUT2D eigenvalue weighted by Crippen LogP contribution is 3.01. The third-order valence-corrected chi connectivity index (χ3v) is 15.8. The van der Waals surface area contributed by atoms with Crippen molar-refractivity contribution in [1.82, 2.24) is 0 Å².